The molecule has 1 saturated heterocycles. The van der Waals surface area contributed by atoms with Gasteiger partial charge in [-0.25, -0.2) is 0 Å². The van der Waals surface area contributed by atoms with Crippen LogP contribution in [0.4, 0.5) is 0 Å². The summed E-state index contributed by atoms with van der Waals surface area (Å²) < 4.78 is 0. The molecule has 0 radical (unpaired) electrons. The van der Waals surface area contributed by atoms with Gasteiger partial charge in [-0.3, -0.25) is 4.90 Å². The topological polar surface area (TPSA) is 52.7 Å². The number of benzene rings is 1. The minimum absolute atomic E-state index is 0.267. The molecule has 1 aliphatic heterocycles. The maximum absolute atomic E-state index is 10.8. The molecule has 1 aromatic rings. The first-order chi connectivity index (χ1) is 10.0. The van der Waals surface area contributed by atoms with Gasteiger partial charge in [0.1, 0.15) is 5.60 Å². The molecule has 1 aromatic carbocycles. The molecule has 1 aliphatic rings. The Kier molecular flexibility index (Phi) is 5.76. The predicted molar refractivity (Wildman–Crippen MR) is 87.2 cm³/mol. The summed E-state index contributed by atoms with van der Waals surface area (Å²) in [6.45, 7) is 10.0. The van der Waals surface area contributed by atoms with Crippen LogP contribution in [0.25, 0.3) is 0 Å². The molecule has 0 aromatic heterocycles. The first-order valence-corrected chi connectivity index (χ1v) is 7.99. The zero-order valence-electron chi connectivity index (χ0n) is 13.3. The van der Waals surface area contributed by atoms with E-state index in [0.717, 1.165) is 38.3 Å². The predicted octanol–water partition coefficient (Wildman–Crippen LogP) is 1.25. The molecule has 118 valence electrons. The normalized spacial score (nSPS) is 20.6. The van der Waals surface area contributed by atoms with E-state index in [-0.39, 0.29) is 6.54 Å². The van der Waals surface area contributed by atoms with E-state index in [2.05, 4.69) is 23.6 Å². The zero-order chi connectivity index (χ0) is 15.3. The van der Waals surface area contributed by atoms with Crippen LogP contribution < -0.4 is 5.73 Å². The van der Waals surface area contributed by atoms with Gasteiger partial charge in [-0.2, -0.15) is 0 Å². The lowest BCUT2D eigenvalue weighted by Gasteiger charge is -2.38. The largest absolute Gasteiger partial charge is 0.384 e. The fourth-order valence-corrected chi connectivity index (χ4v) is 2.96. The highest BCUT2D eigenvalue weighted by atomic mass is 16.3. The van der Waals surface area contributed by atoms with E-state index in [9.17, 15) is 5.11 Å². The highest BCUT2D eigenvalue weighted by molar-refractivity contribution is 5.22. The molecule has 1 atom stereocenters. The van der Waals surface area contributed by atoms with Crippen LogP contribution in [0.15, 0.2) is 30.3 Å². The number of aliphatic hydroxyl groups is 1. The third kappa shape index (κ3) is 4.27. The standard InChI is InChI=1S/C17H29N3O/c1-15(2)20-12-10-19(11-13-20)9-8-17(21,14-18)16-6-4-3-5-7-16/h3-7,15,21H,8-14,18H2,1-2H3. The van der Waals surface area contributed by atoms with Gasteiger partial charge < -0.3 is 15.7 Å². The van der Waals surface area contributed by atoms with Crippen LogP contribution in [0.5, 0.6) is 0 Å². The molecule has 0 amide bonds. The Morgan fingerprint density at radius 1 is 1.14 bits per heavy atom. The van der Waals surface area contributed by atoms with Gasteiger partial charge in [0.15, 0.2) is 0 Å². The molecule has 4 heteroatoms. The summed E-state index contributed by atoms with van der Waals surface area (Å²) in [5, 5.41) is 10.8. The van der Waals surface area contributed by atoms with Crippen LogP contribution in [0.1, 0.15) is 25.8 Å². The molecule has 0 saturated carbocycles. The van der Waals surface area contributed by atoms with Crippen molar-refractivity contribution in [2.24, 2.45) is 5.73 Å². The summed E-state index contributed by atoms with van der Waals surface area (Å²) in [4.78, 5) is 4.94. The molecular weight excluding hydrogens is 262 g/mol. The maximum atomic E-state index is 10.8. The van der Waals surface area contributed by atoms with Gasteiger partial charge in [-0.05, 0) is 25.8 Å². The van der Waals surface area contributed by atoms with Crippen molar-refractivity contribution in [2.75, 3.05) is 39.3 Å². The van der Waals surface area contributed by atoms with Crippen molar-refractivity contribution in [1.82, 2.24) is 9.80 Å². The molecule has 0 spiro atoms. The molecular formula is C17H29N3O. The number of rotatable bonds is 6. The first-order valence-electron chi connectivity index (χ1n) is 7.99. The number of piperazine rings is 1. The van der Waals surface area contributed by atoms with Crippen LogP contribution in [-0.4, -0.2) is 60.2 Å². The average Bonchev–Trinajstić information content (AvgIpc) is 2.54. The number of nitrogens with two attached hydrogens (primary N) is 1. The number of hydrogen-bond acceptors (Lipinski definition) is 4. The Balaban J connectivity index is 1.87. The van der Waals surface area contributed by atoms with E-state index >= 15 is 0 Å². The van der Waals surface area contributed by atoms with E-state index in [1.807, 2.05) is 30.3 Å². The second-order valence-electron chi connectivity index (χ2n) is 6.32. The first kappa shape index (κ1) is 16.4. The number of nitrogens with zero attached hydrogens (tertiary/aromatic N) is 2. The lowest BCUT2D eigenvalue weighted by molar-refractivity contribution is 0.0175. The summed E-state index contributed by atoms with van der Waals surface area (Å²) in [5.41, 5.74) is 5.86. The highest BCUT2D eigenvalue weighted by Gasteiger charge is 2.28. The summed E-state index contributed by atoms with van der Waals surface area (Å²) in [5.74, 6) is 0. The van der Waals surface area contributed by atoms with Crippen LogP contribution in [0.2, 0.25) is 0 Å². The van der Waals surface area contributed by atoms with Crippen LogP contribution in [0.3, 0.4) is 0 Å². The monoisotopic (exact) mass is 291 g/mol. The molecule has 0 aliphatic carbocycles. The molecule has 3 N–H and O–H groups in total. The molecule has 1 fully saturated rings. The fourth-order valence-electron chi connectivity index (χ4n) is 2.96. The molecule has 21 heavy (non-hydrogen) atoms. The zero-order valence-corrected chi connectivity index (χ0v) is 13.3. The Morgan fingerprint density at radius 3 is 2.29 bits per heavy atom. The molecule has 4 nitrogen and oxygen atoms in total. The minimum Gasteiger partial charge on any atom is -0.384 e. The quantitative estimate of drug-likeness (QED) is 0.828. The summed E-state index contributed by atoms with van der Waals surface area (Å²) in [7, 11) is 0. The van der Waals surface area contributed by atoms with E-state index < -0.39 is 5.60 Å². The Labute approximate surface area is 128 Å². The van der Waals surface area contributed by atoms with Gasteiger partial charge in [-0.15, -0.1) is 0 Å². The molecule has 2 rings (SSSR count). The van der Waals surface area contributed by atoms with Crippen LogP contribution >= 0.6 is 0 Å². The van der Waals surface area contributed by atoms with Gasteiger partial charge >= 0.3 is 0 Å². The van der Waals surface area contributed by atoms with Gasteiger partial charge in [-0.1, -0.05) is 30.3 Å². The maximum Gasteiger partial charge on any atom is 0.103 e. The van der Waals surface area contributed by atoms with Crippen molar-refractivity contribution in [2.45, 2.75) is 31.9 Å². The summed E-state index contributed by atoms with van der Waals surface area (Å²) >= 11 is 0. The smallest absolute Gasteiger partial charge is 0.103 e. The van der Waals surface area contributed by atoms with E-state index in [0.29, 0.717) is 12.5 Å². The van der Waals surface area contributed by atoms with E-state index in [1.54, 1.807) is 0 Å². The third-order valence-corrected chi connectivity index (χ3v) is 4.63. The van der Waals surface area contributed by atoms with Crippen molar-refractivity contribution >= 4 is 0 Å². The number of hydrogen-bond donors (Lipinski definition) is 2. The SMILES string of the molecule is CC(C)N1CCN(CCC(O)(CN)c2ccccc2)CC1. The lowest BCUT2D eigenvalue weighted by Crippen LogP contribution is -2.50. The highest BCUT2D eigenvalue weighted by Crippen LogP contribution is 2.24. The van der Waals surface area contributed by atoms with Crippen molar-refractivity contribution < 1.29 is 5.11 Å². The Bertz CT molecular complexity index is 415. The van der Waals surface area contributed by atoms with Crippen LogP contribution in [-0.2, 0) is 5.60 Å². The van der Waals surface area contributed by atoms with E-state index in [1.165, 1.54) is 0 Å². The van der Waals surface area contributed by atoms with Gasteiger partial charge in [0.25, 0.3) is 0 Å². The average molecular weight is 291 g/mol. The van der Waals surface area contributed by atoms with Gasteiger partial charge in [0.2, 0.25) is 0 Å². The third-order valence-electron chi connectivity index (χ3n) is 4.63. The van der Waals surface area contributed by atoms with Crippen molar-refractivity contribution in [1.29, 1.82) is 0 Å². The summed E-state index contributed by atoms with van der Waals surface area (Å²) in [6, 6.07) is 10.4. The Morgan fingerprint density at radius 2 is 1.76 bits per heavy atom. The second-order valence-corrected chi connectivity index (χ2v) is 6.32. The second kappa shape index (κ2) is 7.36. The van der Waals surface area contributed by atoms with E-state index in [4.69, 9.17) is 5.73 Å². The van der Waals surface area contributed by atoms with Crippen molar-refractivity contribution in [3.63, 3.8) is 0 Å². The molecule has 0 bridgehead atoms. The van der Waals surface area contributed by atoms with Crippen molar-refractivity contribution in [3.05, 3.63) is 35.9 Å². The van der Waals surface area contributed by atoms with Gasteiger partial charge in [0, 0.05) is 45.3 Å². The Hall–Kier alpha value is -0.940. The van der Waals surface area contributed by atoms with Crippen LogP contribution in [0, 0.1) is 0 Å². The van der Waals surface area contributed by atoms with Crippen molar-refractivity contribution in [3.8, 4) is 0 Å². The minimum atomic E-state index is -0.906. The molecule has 1 heterocycles. The molecule has 1 unspecified atom stereocenters. The van der Waals surface area contributed by atoms with Gasteiger partial charge in [0.05, 0.1) is 0 Å². The summed E-state index contributed by atoms with van der Waals surface area (Å²) in [6.07, 6.45) is 0.690. The lowest BCUT2D eigenvalue weighted by atomic mass is 9.90. The fraction of sp³-hybridized carbons (Fsp3) is 0.647.